The van der Waals surface area contributed by atoms with Gasteiger partial charge in [-0.3, -0.25) is 0 Å². The first-order chi connectivity index (χ1) is 9.92. The molecule has 3 N–H and O–H groups in total. The van der Waals surface area contributed by atoms with E-state index in [4.69, 9.17) is 5.73 Å². The van der Waals surface area contributed by atoms with Crippen molar-refractivity contribution >= 4 is 21.7 Å². The standard InChI is InChI=1S/C14H22N2O4S/c1-3-4-5-6-9-16-21(18,19)13-8-7-11(10-12(13)15)14(17)20-2/h7-8,10,16H,3-6,9,15H2,1-2H3. The lowest BCUT2D eigenvalue weighted by atomic mass is 10.2. The van der Waals surface area contributed by atoms with Crippen molar-refractivity contribution in [2.75, 3.05) is 19.4 Å². The maximum absolute atomic E-state index is 12.1. The number of benzene rings is 1. The molecule has 1 aromatic rings. The minimum Gasteiger partial charge on any atom is -0.465 e. The summed E-state index contributed by atoms with van der Waals surface area (Å²) in [4.78, 5) is 11.3. The van der Waals surface area contributed by atoms with Crippen molar-refractivity contribution in [3.8, 4) is 0 Å². The zero-order valence-electron chi connectivity index (χ0n) is 12.4. The number of ether oxygens (including phenoxy) is 1. The summed E-state index contributed by atoms with van der Waals surface area (Å²) in [6, 6.07) is 4.00. The van der Waals surface area contributed by atoms with Crippen LogP contribution in [0.4, 0.5) is 5.69 Å². The second-order valence-electron chi connectivity index (χ2n) is 4.70. The largest absolute Gasteiger partial charge is 0.465 e. The van der Waals surface area contributed by atoms with E-state index in [2.05, 4.69) is 16.4 Å². The van der Waals surface area contributed by atoms with E-state index in [-0.39, 0.29) is 16.1 Å². The predicted molar refractivity (Wildman–Crippen MR) is 81.5 cm³/mol. The highest BCUT2D eigenvalue weighted by Crippen LogP contribution is 2.20. The van der Waals surface area contributed by atoms with E-state index in [0.717, 1.165) is 25.7 Å². The zero-order chi connectivity index (χ0) is 15.9. The van der Waals surface area contributed by atoms with Gasteiger partial charge in [-0.2, -0.15) is 0 Å². The van der Waals surface area contributed by atoms with Gasteiger partial charge in [0, 0.05) is 6.54 Å². The first-order valence-electron chi connectivity index (χ1n) is 6.90. The Morgan fingerprint density at radius 2 is 2.00 bits per heavy atom. The summed E-state index contributed by atoms with van der Waals surface area (Å²) < 4.78 is 31.3. The molecule has 1 aromatic carbocycles. The van der Waals surface area contributed by atoms with Gasteiger partial charge in [0.05, 0.1) is 18.4 Å². The smallest absolute Gasteiger partial charge is 0.337 e. The molecule has 0 aliphatic rings. The highest BCUT2D eigenvalue weighted by Gasteiger charge is 2.18. The van der Waals surface area contributed by atoms with E-state index in [0.29, 0.717) is 6.54 Å². The quantitative estimate of drug-likeness (QED) is 0.434. The predicted octanol–water partition coefficient (Wildman–Crippen LogP) is 1.91. The van der Waals surface area contributed by atoms with E-state index in [1.165, 1.54) is 25.3 Å². The van der Waals surface area contributed by atoms with Crippen LogP contribution in [0.1, 0.15) is 43.0 Å². The highest BCUT2D eigenvalue weighted by atomic mass is 32.2. The number of methoxy groups -OCH3 is 1. The summed E-state index contributed by atoms with van der Waals surface area (Å²) in [7, 11) is -2.40. The summed E-state index contributed by atoms with van der Waals surface area (Å²) >= 11 is 0. The highest BCUT2D eigenvalue weighted by molar-refractivity contribution is 7.89. The van der Waals surface area contributed by atoms with Crippen LogP contribution in [0.3, 0.4) is 0 Å². The molecule has 0 aliphatic heterocycles. The summed E-state index contributed by atoms with van der Waals surface area (Å²) in [5, 5.41) is 0. The number of carbonyl (C=O) groups is 1. The van der Waals surface area contributed by atoms with Crippen LogP contribution in [0.25, 0.3) is 0 Å². The molecule has 0 aliphatic carbocycles. The molecule has 0 aromatic heterocycles. The maximum atomic E-state index is 12.1. The molecule has 1 rings (SSSR count). The van der Waals surface area contributed by atoms with Gasteiger partial charge in [0.25, 0.3) is 0 Å². The van der Waals surface area contributed by atoms with Gasteiger partial charge in [0.2, 0.25) is 10.0 Å². The van der Waals surface area contributed by atoms with Crippen molar-refractivity contribution in [3.63, 3.8) is 0 Å². The SMILES string of the molecule is CCCCCCNS(=O)(=O)c1ccc(C(=O)OC)cc1N. The Kier molecular flexibility index (Phi) is 6.64. The van der Waals surface area contributed by atoms with Crippen LogP contribution < -0.4 is 10.5 Å². The summed E-state index contributed by atoms with van der Waals surface area (Å²) in [5.41, 5.74) is 5.97. The lowest BCUT2D eigenvalue weighted by Crippen LogP contribution is -2.25. The van der Waals surface area contributed by atoms with Gasteiger partial charge >= 0.3 is 5.97 Å². The van der Waals surface area contributed by atoms with E-state index in [9.17, 15) is 13.2 Å². The first-order valence-corrected chi connectivity index (χ1v) is 8.38. The number of anilines is 1. The molecule has 7 heteroatoms. The molecule has 0 radical (unpaired) electrons. The number of nitrogens with two attached hydrogens (primary N) is 1. The monoisotopic (exact) mass is 314 g/mol. The number of nitrogens with one attached hydrogen (secondary N) is 1. The van der Waals surface area contributed by atoms with Crippen LogP contribution >= 0.6 is 0 Å². The van der Waals surface area contributed by atoms with Gasteiger partial charge < -0.3 is 10.5 Å². The van der Waals surface area contributed by atoms with Gasteiger partial charge in [-0.05, 0) is 24.6 Å². The molecule has 0 spiro atoms. The second-order valence-corrected chi connectivity index (χ2v) is 6.44. The molecule has 0 atom stereocenters. The number of nitrogen functional groups attached to an aromatic ring is 1. The van der Waals surface area contributed by atoms with E-state index >= 15 is 0 Å². The normalized spacial score (nSPS) is 11.3. The third-order valence-corrected chi connectivity index (χ3v) is 4.58. The van der Waals surface area contributed by atoms with Crippen LogP contribution in [0.15, 0.2) is 23.1 Å². The topological polar surface area (TPSA) is 98.5 Å². The molecule has 0 heterocycles. The van der Waals surface area contributed by atoms with E-state index in [1.807, 2.05) is 0 Å². The molecule has 0 bridgehead atoms. The van der Waals surface area contributed by atoms with Gasteiger partial charge in [-0.15, -0.1) is 0 Å². The van der Waals surface area contributed by atoms with Gasteiger partial charge in [0.15, 0.2) is 0 Å². The van der Waals surface area contributed by atoms with Crippen LogP contribution in [0, 0.1) is 0 Å². The average Bonchev–Trinajstić information content (AvgIpc) is 2.45. The van der Waals surface area contributed by atoms with Gasteiger partial charge in [0.1, 0.15) is 4.90 Å². The maximum Gasteiger partial charge on any atom is 0.337 e. The Labute approximate surface area is 125 Å². The van der Waals surface area contributed by atoms with Crippen molar-refractivity contribution < 1.29 is 17.9 Å². The van der Waals surface area contributed by atoms with Crippen LogP contribution in [-0.4, -0.2) is 28.0 Å². The number of hydrogen-bond acceptors (Lipinski definition) is 5. The number of hydrogen-bond donors (Lipinski definition) is 2. The van der Waals surface area contributed by atoms with Crippen molar-refractivity contribution in [1.82, 2.24) is 4.72 Å². The van der Waals surface area contributed by atoms with Crippen molar-refractivity contribution in [2.45, 2.75) is 37.5 Å². The molecular weight excluding hydrogens is 292 g/mol. The molecule has 0 saturated carbocycles. The third-order valence-electron chi connectivity index (χ3n) is 3.04. The Bertz CT molecular complexity index is 585. The first kappa shape index (κ1) is 17.5. The van der Waals surface area contributed by atoms with E-state index in [1.54, 1.807) is 0 Å². The number of sulfonamides is 1. The van der Waals surface area contributed by atoms with Crippen molar-refractivity contribution in [2.24, 2.45) is 0 Å². The molecule has 0 amide bonds. The lowest BCUT2D eigenvalue weighted by molar-refractivity contribution is 0.0600. The molecule has 0 saturated heterocycles. The van der Waals surface area contributed by atoms with Gasteiger partial charge in [-0.25, -0.2) is 17.9 Å². The molecule has 118 valence electrons. The Hall–Kier alpha value is -1.60. The fourth-order valence-electron chi connectivity index (χ4n) is 1.87. The second kappa shape index (κ2) is 7.99. The Morgan fingerprint density at radius 3 is 2.57 bits per heavy atom. The molecule has 6 nitrogen and oxygen atoms in total. The number of esters is 1. The lowest BCUT2D eigenvalue weighted by Gasteiger charge is -2.10. The van der Waals surface area contributed by atoms with Crippen LogP contribution in [0.5, 0.6) is 0 Å². The van der Waals surface area contributed by atoms with Crippen molar-refractivity contribution in [1.29, 1.82) is 0 Å². The zero-order valence-corrected chi connectivity index (χ0v) is 13.2. The van der Waals surface area contributed by atoms with Gasteiger partial charge in [-0.1, -0.05) is 26.2 Å². The summed E-state index contributed by atoms with van der Waals surface area (Å²) in [6.07, 6.45) is 3.94. The summed E-state index contributed by atoms with van der Waals surface area (Å²) in [5.74, 6) is -0.557. The van der Waals surface area contributed by atoms with Crippen molar-refractivity contribution in [3.05, 3.63) is 23.8 Å². The van der Waals surface area contributed by atoms with Crippen LogP contribution in [-0.2, 0) is 14.8 Å². The molecule has 0 fully saturated rings. The number of rotatable bonds is 8. The Balaban J connectivity index is 2.77. The molecule has 0 unspecified atom stereocenters. The van der Waals surface area contributed by atoms with E-state index < -0.39 is 16.0 Å². The average molecular weight is 314 g/mol. The number of carbonyl (C=O) groups excluding carboxylic acids is 1. The third kappa shape index (κ3) is 5.02. The van der Waals surface area contributed by atoms with Crippen LogP contribution in [0.2, 0.25) is 0 Å². The number of unbranched alkanes of at least 4 members (excludes halogenated alkanes) is 3. The molecule has 21 heavy (non-hydrogen) atoms. The Morgan fingerprint density at radius 1 is 1.29 bits per heavy atom. The fraction of sp³-hybridized carbons (Fsp3) is 0.500. The minimum atomic E-state index is -3.65. The fourth-order valence-corrected chi connectivity index (χ4v) is 3.06. The molecular formula is C14H22N2O4S. The summed E-state index contributed by atoms with van der Waals surface area (Å²) in [6.45, 7) is 2.47. The minimum absolute atomic E-state index is 0.0226.